The van der Waals surface area contributed by atoms with Gasteiger partial charge in [-0.25, -0.2) is 9.18 Å². The minimum Gasteiger partial charge on any atom is -0.478 e. The SMILES string of the molecule is O=C(O)c1ccc(-c2noc(-c3cc4c(Cl)ccc(Cl)c4o3)n2)cc1F. The molecule has 2 aromatic carbocycles. The summed E-state index contributed by atoms with van der Waals surface area (Å²) in [7, 11) is 0. The first kappa shape index (κ1) is 16.6. The summed E-state index contributed by atoms with van der Waals surface area (Å²) in [6.07, 6.45) is 0. The van der Waals surface area contributed by atoms with Crippen LogP contribution in [0.4, 0.5) is 4.39 Å². The maximum absolute atomic E-state index is 13.8. The molecule has 0 aliphatic carbocycles. The Labute approximate surface area is 154 Å². The highest BCUT2D eigenvalue weighted by Gasteiger charge is 2.19. The number of fused-ring (bicyclic) bond motifs is 1. The lowest BCUT2D eigenvalue weighted by Gasteiger charge is -1.98. The molecule has 0 amide bonds. The Bertz CT molecular complexity index is 1130. The number of nitrogens with zero attached hydrogens (tertiary/aromatic N) is 2. The Hall–Kier alpha value is -2.90. The smallest absolute Gasteiger partial charge is 0.338 e. The molecule has 2 heterocycles. The van der Waals surface area contributed by atoms with Gasteiger partial charge in [-0.05, 0) is 36.4 Å². The van der Waals surface area contributed by atoms with Crippen molar-refractivity contribution < 1.29 is 23.2 Å². The van der Waals surface area contributed by atoms with Gasteiger partial charge in [0.2, 0.25) is 5.82 Å². The molecule has 26 heavy (non-hydrogen) atoms. The second-order valence-electron chi connectivity index (χ2n) is 5.31. The van der Waals surface area contributed by atoms with Crippen LogP contribution in [-0.2, 0) is 0 Å². The standard InChI is InChI=1S/C17H7Cl2FN2O4/c18-10-3-4-11(19)14-9(10)6-13(25-14)16-21-15(22-26-16)7-1-2-8(17(23)24)12(20)5-7/h1-6H,(H,23,24). The molecular formula is C17H7Cl2FN2O4. The molecule has 0 bridgehead atoms. The van der Waals surface area contributed by atoms with E-state index in [0.29, 0.717) is 21.0 Å². The summed E-state index contributed by atoms with van der Waals surface area (Å²) >= 11 is 12.2. The third-order valence-corrected chi connectivity index (χ3v) is 4.30. The topological polar surface area (TPSA) is 89.4 Å². The quantitative estimate of drug-likeness (QED) is 0.509. The number of halogens is 3. The van der Waals surface area contributed by atoms with E-state index in [2.05, 4.69) is 10.1 Å². The average Bonchev–Trinajstić information content (AvgIpc) is 3.25. The maximum atomic E-state index is 13.8. The zero-order valence-electron chi connectivity index (χ0n) is 12.7. The van der Waals surface area contributed by atoms with Crippen LogP contribution in [0.2, 0.25) is 10.0 Å². The van der Waals surface area contributed by atoms with E-state index >= 15 is 0 Å². The average molecular weight is 393 g/mol. The Balaban J connectivity index is 1.75. The molecule has 0 fully saturated rings. The van der Waals surface area contributed by atoms with Crippen molar-refractivity contribution in [2.45, 2.75) is 0 Å². The highest BCUT2D eigenvalue weighted by molar-refractivity contribution is 6.39. The van der Waals surface area contributed by atoms with Crippen LogP contribution in [0, 0.1) is 5.82 Å². The van der Waals surface area contributed by atoms with Crippen molar-refractivity contribution in [3.05, 3.63) is 57.8 Å². The Morgan fingerprint density at radius 1 is 1.12 bits per heavy atom. The third-order valence-electron chi connectivity index (χ3n) is 3.68. The molecule has 0 atom stereocenters. The lowest BCUT2D eigenvalue weighted by Crippen LogP contribution is -2.00. The van der Waals surface area contributed by atoms with Gasteiger partial charge >= 0.3 is 5.97 Å². The molecule has 0 aliphatic heterocycles. The number of hydrogen-bond donors (Lipinski definition) is 1. The Kier molecular flexibility index (Phi) is 3.90. The highest BCUT2D eigenvalue weighted by Crippen LogP contribution is 2.36. The van der Waals surface area contributed by atoms with Crippen molar-refractivity contribution in [2.75, 3.05) is 0 Å². The number of aromatic carboxylic acids is 1. The van der Waals surface area contributed by atoms with E-state index in [9.17, 15) is 9.18 Å². The normalized spacial score (nSPS) is 11.2. The number of hydrogen-bond acceptors (Lipinski definition) is 5. The molecule has 2 aromatic heterocycles. The molecule has 0 spiro atoms. The summed E-state index contributed by atoms with van der Waals surface area (Å²) in [6.45, 7) is 0. The van der Waals surface area contributed by atoms with Crippen LogP contribution in [0.25, 0.3) is 34.0 Å². The molecule has 1 N–H and O–H groups in total. The largest absolute Gasteiger partial charge is 0.478 e. The van der Waals surface area contributed by atoms with Gasteiger partial charge in [0.1, 0.15) is 5.82 Å². The molecule has 0 saturated carbocycles. The summed E-state index contributed by atoms with van der Waals surface area (Å²) in [5.41, 5.74) is 0.194. The fourth-order valence-corrected chi connectivity index (χ4v) is 2.84. The third kappa shape index (κ3) is 2.71. The molecule has 0 aliphatic rings. The molecule has 6 nitrogen and oxygen atoms in total. The van der Waals surface area contributed by atoms with Crippen LogP contribution >= 0.6 is 23.2 Å². The van der Waals surface area contributed by atoms with Crippen LogP contribution in [0.3, 0.4) is 0 Å². The maximum Gasteiger partial charge on any atom is 0.338 e. The highest BCUT2D eigenvalue weighted by atomic mass is 35.5. The second-order valence-corrected chi connectivity index (χ2v) is 6.12. The predicted molar refractivity (Wildman–Crippen MR) is 91.9 cm³/mol. The van der Waals surface area contributed by atoms with Gasteiger partial charge in [-0.2, -0.15) is 4.98 Å². The predicted octanol–water partition coefficient (Wildman–Crippen LogP) is 5.29. The van der Waals surface area contributed by atoms with Crippen molar-refractivity contribution in [3.63, 3.8) is 0 Å². The number of furan rings is 1. The number of benzene rings is 2. The van der Waals surface area contributed by atoms with Gasteiger partial charge in [0.05, 0.1) is 15.6 Å². The van der Waals surface area contributed by atoms with Gasteiger partial charge in [0.25, 0.3) is 5.89 Å². The Morgan fingerprint density at radius 2 is 1.88 bits per heavy atom. The van der Waals surface area contributed by atoms with Crippen LogP contribution in [0.1, 0.15) is 10.4 Å². The van der Waals surface area contributed by atoms with E-state index in [-0.39, 0.29) is 23.0 Å². The van der Waals surface area contributed by atoms with Crippen LogP contribution in [0.15, 0.2) is 45.3 Å². The van der Waals surface area contributed by atoms with Crippen molar-refractivity contribution in [3.8, 4) is 23.0 Å². The molecule has 0 radical (unpaired) electrons. The number of rotatable bonds is 3. The van der Waals surface area contributed by atoms with E-state index in [0.717, 1.165) is 12.1 Å². The number of carbonyl (C=O) groups is 1. The first-order valence-electron chi connectivity index (χ1n) is 7.19. The van der Waals surface area contributed by atoms with Gasteiger partial charge in [0.15, 0.2) is 11.3 Å². The molecule has 9 heteroatoms. The minimum absolute atomic E-state index is 0.0473. The summed E-state index contributed by atoms with van der Waals surface area (Å²) < 4.78 is 24.6. The summed E-state index contributed by atoms with van der Waals surface area (Å²) in [6, 6.07) is 8.37. The van der Waals surface area contributed by atoms with Crippen molar-refractivity contribution in [2.24, 2.45) is 0 Å². The van der Waals surface area contributed by atoms with Crippen LogP contribution in [-0.4, -0.2) is 21.2 Å². The van der Waals surface area contributed by atoms with Gasteiger partial charge in [0, 0.05) is 10.9 Å². The number of carboxylic acid groups (broad SMARTS) is 1. The van der Waals surface area contributed by atoms with Crippen molar-refractivity contribution in [1.29, 1.82) is 0 Å². The number of aromatic nitrogens is 2. The molecule has 4 rings (SSSR count). The monoisotopic (exact) mass is 392 g/mol. The first-order chi connectivity index (χ1) is 12.4. The van der Waals surface area contributed by atoms with E-state index in [1.807, 2.05) is 0 Å². The molecule has 0 unspecified atom stereocenters. The first-order valence-corrected chi connectivity index (χ1v) is 7.94. The zero-order chi connectivity index (χ0) is 18.4. The Morgan fingerprint density at radius 3 is 2.58 bits per heavy atom. The van der Waals surface area contributed by atoms with Gasteiger partial charge in [-0.15, -0.1) is 0 Å². The van der Waals surface area contributed by atoms with Gasteiger partial charge < -0.3 is 14.0 Å². The fraction of sp³-hybridized carbons (Fsp3) is 0. The van der Waals surface area contributed by atoms with Gasteiger partial charge in [-0.1, -0.05) is 28.4 Å². The van der Waals surface area contributed by atoms with Crippen LogP contribution < -0.4 is 0 Å². The second kappa shape index (κ2) is 6.12. The fourth-order valence-electron chi connectivity index (χ4n) is 2.43. The lowest BCUT2D eigenvalue weighted by molar-refractivity contribution is 0.0692. The zero-order valence-corrected chi connectivity index (χ0v) is 14.2. The summed E-state index contributed by atoms with van der Waals surface area (Å²) in [4.78, 5) is 15.0. The van der Waals surface area contributed by atoms with E-state index in [1.165, 1.54) is 6.07 Å². The lowest BCUT2D eigenvalue weighted by atomic mass is 10.1. The van der Waals surface area contributed by atoms with E-state index < -0.39 is 17.3 Å². The van der Waals surface area contributed by atoms with E-state index in [1.54, 1.807) is 18.2 Å². The van der Waals surface area contributed by atoms with Crippen molar-refractivity contribution >= 4 is 40.1 Å². The molecule has 0 saturated heterocycles. The number of carboxylic acids is 1. The summed E-state index contributed by atoms with van der Waals surface area (Å²) in [5, 5.41) is 14.1. The minimum atomic E-state index is -1.36. The summed E-state index contributed by atoms with van der Waals surface area (Å²) in [5.74, 6) is -1.89. The molecule has 4 aromatic rings. The van der Waals surface area contributed by atoms with E-state index in [4.69, 9.17) is 37.2 Å². The molecule has 130 valence electrons. The van der Waals surface area contributed by atoms with Crippen LogP contribution in [0.5, 0.6) is 0 Å². The van der Waals surface area contributed by atoms with Crippen molar-refractivity contribution in [1.82, 2.24) is 10.1 Å². The molecular weight excluding hydrogens is 386 g/mol. The van der Waals surface area contributed by atoms with Gasteiger partial charge in [-0.3, -0.25) is 0 Å².